The Labute approximate surface area is 63.4 Å². The molecule has 4 heteroatoms. The van der Waals surface area contributed by atoms with E-state index in [1.54, 1.807) is 0 Å². The van der Waals surface area contributed by atoms with Crippen molar-refractivity contribution in [2.75, 3.05) is 24.7 Å². The van der Waals surface area contributed by atoms with E-state index in [2.05, 4.69) is 0 Å². The molecule has 62 valence electrons. The average Bonchev–Trinajstić information content (AvgIpc) is 1.89. The first kappa shape index (κ1) is 10.0. The molecular formula is C6H14FNOS. The van der Waals surface area contributed by atoms with E-state index in [0.717, 1.165) is 0 Å². The Morgan fingerprint density at radius 3 is 2.50 bits per heavy atom. The minimum atomic E-state index is -0.813. The highest BCUT2D eigenvalue weighted by Crippen LogP contribution is 1.92. The number of unbranched alkanes of at least 4 members (excludes halogenated alkanes) is 1. The van der Waals surface area contributed by atoms with Gasteiger partial charge in [0.2, 0.25) is 0 Å². The van der Waals surface area contributed by atoms with Gasteiger partial charge in [-0.15, -0.1) is 0 Å². The molecule has 0 aliphatic carbocycles. The van der Waals surface area contributed by atoms with Gasteiger partial charge in [-0.25, -0.2) is 0 Å². The maximum Gasteiger partial charge on any atom is 0.0894 e. The van der Waals surface area contributed by atoms with Crippen molar-refractivity contribution in [1.29, 1.82) is 0 Å². The summed E-state index contributed by atoms with van der Waals surface area (Å²) in [6.07, 6.45) is 1.24. The molecule has 0 spiro atoms. The molecule has 2 N–H and O–H groups in total. The van der Waals surface area contributed by atoms with Gasteiger partial charge in [0.05, 0.1) is 6.67 Å². The van der Waals surface area contributed by atoms with Crippen LogP contribution in [0.15, 0.2) is 0 Å². The van der Waals surface area contributed by atoms with Crippen molar-refractivity contribution in [2.24, 2.45) is 5.73 Å². The summed E-state index contributed by atoms with van der Waals surface area (Å²) < 4.78 is 22.3. The normalized spacial score (nSPS) is 13.4. The zero-order valence-electron chi connectivity index (χ0n) is 6.01. The molecule has 1 atom stereocenters. The number of halogens is 1. The van der Waals surface area contributed by atoms with Gasteiger partial charge in [-0.3, -0.25) is 8.60 Å². The molecule has 0 bridgehead atoms. The number of hydrogen-bond donors (Lipinski definition) is 1. The third kappa shape index (κ3) is 6.16. The van der Waals surface area contributed by atoms with Crippen LogP contribution in [0.1, 0.15) is 12.8 Å². The van der Waals surface area contributed by atoms with E-state index in [4.69, 9.17) is 5.73 Å². The van der Waals surface area contributed by atoms with E-state index in [1.807, 2.05) is 0 Å². The van der Waals surface area contributed by atoms with Gasteiger partial charge in [0.25, 0.3) is 0 Å². The maximum absolute atomic E-state index is 11.5. The van der Waals surface area contributed by atoms with Crippen molar-refractivity contribution in [3.8, 4) is 0 Å². The van der Waals surface area contributed by atoms with Gasteiger partial charge in [0.1, 0.15) is 0 Å². The van der Waals surface area contributed by atoms with E-state index in [-0.39, 0.29) is 6.67 Å². The summed E-state index contributed by atoms with van der Waals surface area (Å²) in [7, 11) is -0.813. The fraction of sp³-hybridized carbons (Fsp3) is 1.00. The summed E-state index contributed by atoms with van der Waals surface area (Å²) in [5.41, 5.74) is 5.17. The Morgan fingerprint density at radius 1 is 1.30 bits per heavy atom. The topological polar surface area (TPSA) is 43.1 Å². The van der Waals surface area contributed by atoms with Gasteiger partial charge in [-0.2, -0.15) is 0 Å². The van der Waals surface area contributed by atoms with E-state index < -0.39 is 10.8 Å². The molecule has 0 aromatic heterocycles. The molecule has 0 aliphatic rings. The highest BCUT2D eigenvalue weighted by atomic mass is 32.2. The summed E-state index contributed by atoms with van der Waals surface area (Å²) in [5.74, 6) is 1.15. The summed E-state index contributed by atoms with van der Waals surface area (Å²) in [4.78, 5) is 0. The molecule has 0 aromatic carbocycles. The Kier molecular flexibility index (Phi) is 7.18. The Hall–Kier alpha value is 0.0400. The second-order valence-electron chi connectivity index (χ2n) is 2.03. The van der Waals surface area contributed by atoms with E-state index in [9.17, 15) is 8.60 Å². The monoisotopic (exact) mass is 167 g/mol. The third-order valence-electron chi connectivity index (χ3n) is 1.10. The number of nitrogens with two attached hydrogens (primary N) is 1. The zero-order valence-corrected chi connectivity index (χ0v) is 6.83. The highest BCUT2D eigenvalue weighted by Gasteiger charge is 1.96. The van der Waals surface area contributed by atoms with Crippen molar-refractivity contribution >= 4 is 10.8 Å². The van der Waals surface area contributed by atoms with Crippen LogP contribution in [0, 0.1) is 0 Å². The molecule has 10 heavy (non-hydrogen) atoms. The predicted octanol–water partition coefficient (Wildman–Crippen LogP) is 0.443. The molecule has 1 unspecified atom stereocenters. The van der Waals surface area contributed by atoms with Gasteiger partial charge < -0.3 is 5.73 Å². The zero-order chi connectivity index (χ0) is 7.82. The molecule has 0 saturated heterocycles. The van der Waals surface area contributed by atoms with E-state index in [1.165, 1.54) is 0 Å². The van der Waals surface area contributed by atoms with Crippen molar-refractivity contribution in [3.05, 3.63) is 0 Å². The van der Waals surface area contributed by atoms with Crippen LogP contribution in [0.3, 0.4) is 0 Å². The first-order valence-corrected chi connectivity index (χ1v) is 4.91. The van der Waals surface area contributed by atoms with Gasteiger partial charge >= 0.3 is 0 Å². The smallest absolute Gasteiger partial charge is 0.0894 e. The molecule has 0 rings (SSSR count). The lowest BCUT2D eigenvalue weighted by Gasteiger charge is -1.96. The quantitative estimate of drug-likeness (QED) is 0.583. The molecule has 0 radical (unpaired) electrons. The fourth-order valence-electron chi connectivity index (χ4n) is 0.591. The van der Waals surface area contributed by atoms with Gasteiger partial charge in [0, 0.05) is 28.9 Å². The first-order chi connectivity index (χ1) is 4.81. The molecule has 0 aliphatic heterocycles. The number of alkyl halides is 1. The average molecular weight is 167 g/mol. The van der Waals surface area contributed by atoms with Crippen molar-refractivity contribution in [1.82, 2.24) is 0 Å². The van der Waals surface area contributed by atoms with Crippen LogP contribution >= 0.6 is 0 Å². The maximum atomic E-state index is 11.5. The van der Waals surface area contributed by atoms with Crippen molar-refractivity contribution in [3.63, 3.8) is 0 Å². The molecule has 0 saturated carbocycles. The summed E-state index contributed by atoms with van der Waals surface area (Å²) in [5, 5.41) is 0. The van der Waals surface area contributed by atoms with Gasteiger partial charge in [0.15, 0.2) is 0 Å². The SMILES string of the molecule is NCCS(=O)CCCCF. The lowest BCUT2D eigenvalue weighted by atomic mass is 10.4. The second kappa shape index (κ2) is 7.15. The summed E-state index contributed by atoms with van der Waals surface area (Å²) in [6, 6.07) is 0. The predicted molar refractivity (Wildman–Crippen MR) is 42.1 cm³/mol. The lowest BCUT2D eigenvalue weighted by Crippen LogP contribution is -2.12. The minimum Gasteiger partial charge on any atom is -0.330 e. The highest BCUT2D eigenvalue weighted by molar-refractivity contribution is 7.84. The van der Waals surface area contributed by atoms with Crippen LogP contribution in [-0.4, -0.2) is 28.9 Å². The van der Waals surface area contributed by atoms with Crippen molar-refractivity contribution in [2.45, 2.75) is 12.8 Å². The van der Waals surface area contributed by atoms with Crippen LogP contribution < -0.4 is 5.73 Å². The van der Waals surface area contributed by atoms with Crippen LogP contribution in [0.2, 0.25) is 0 Å². The fourth-order valence-corrected chi connectivity index (χ4v) is 1.58. The standard InChI is InChI=1S/C6H14FNOS/c7-3-1-2-5-10(9)6-4-8/h1-6,8H2. The van der Waals surface area contributed by atoms with Crippen molar-refractivity contribution < 1.29 is 8.60 Å². The lowest BCUT2D eigenvalue weighted by molar-refractivity contribution is 0.469. The molecule has 0 fully saturated rings. The minimum absolute atomic E-state index is 0.306. The molecule has 2 nitrogen and oxygen atoms in total. The van der Waals surface area contributed by atoms with Crippen LogP contribution in [0.25, 0.3) is 0 Å². The number of rotatable bonds is 6. The molecule has 0 aromatic rings. The van der Waals surface area contributed by atoms with Crippen LogP contribution in [0.4, 0.5) is 4.39 Å². The Bertz CT molecular complexity index is 99.7. The van der Waals surface area contributed by atoms with Crippen LogP contribution in [-0.2, 0) is 10.8 Å². The van der Waals surface area contributed by atoms with Gasteiger partial charge in [-0.05, 0) is 12.8 Å². The van der Waals surface area contributed by atoms with Gasteiger partial charge in [-0.1, -0.05) is 0 Å². The summed E-state index contributed by atoms with van der Waals surface area (Å²) in [6.45, 7) is 0.155. The third-order valence-corrected chi connectivity index (χ3v) is 2.54. The Morgan fingerprint density at radius 2 is 2.00 bits per heavy atom. The molecule has 0 heterocycles. The first-order valence-electron chi connectivity index (χ1n) is 3.42. The largest absolute Gasteiger partial charge is 0.330 e. The second-order valence-corrected chi connectivity index (χ2v) is 3.73. The van der Waals surface area contributed by atoms with Crippen LogP contribution in [0.5, 0.6) is 0 Å². The van der Waals surface area contributed by atoms with E-state index in [0.29, 0.717) is 30.9 Å². The van der Waals surface area contributed by atoms with E-state index >= 15 is 0 Å². The summed E-state index contributed by atoms with van der Waals surface area (Å²) >= 11 is 0. The molecular weight excluding hydrogens is 153 g/mol. The molecule has 0 amide bonds. The Balaban J connectivity index is 3.05. The number of hydrogen-bond acceptors (Lipinski definition) is 2.